The molecule has 154 valence electrons. The molecule has 2 aromatic rings. The van der Waals surface area contributed by atoms with Gasteiger partial charge in [0, 0.05) is 4.88 Å². The monoisotopic (exact) mass is 417 g/mol. The molecule has 0 atom stereocenters. The van der Waals surface area contributed by atoms with Crippen LogP contribution in [0.15, 0.2) is 18.2 Å². The van der Waals surface area contributed by atoms with Crippen LogP contribution < -0.4 is 10.1 Å². The number of amides is 1. The van der Waals surface area contributed by atoms with Crippen LogP contribution in [0.25, 0.3) is 0 Å². The number of aryl methyl sites for hydroxylation is 2. The number of esters is 2. The fraction of sp³-hybridized carbons (Fsp3) is 0.381. The number of nitrogens with one attached hydrogen (secondary N) is 1. The normalized spacial score (nSPS) is 12.7. The SMILES string of the molecule is COC(=O)c1c(NC(=O)COC(=O)c2cc(C)ccc2OC)sc2c1CCCC2. The van der Waals surface area contributed by atoms with Gasteiger partial charge in [-0.1, -0.05) is 11.6 Å². The molecule has 1 N–H and O–H groups in total. The van der Waals surface area contributed by atoms with Crippen molar-refractivity contribution >= 4 is 34.2 Å². The number of hydrogen-bond acceptors (Lipinski definition) is 7. The first-order chi connectivity index (χ1) is 13.9. The smallest absolute Gasteiger partial charge is 0.342 e. The molecule has 0 saturated heterocycles. The number of anilines is 1. The van der Waals surface area contributed by atoms with E-state index in [1.54, 1.807) is 12.1 Å². The second-order valence-corrected chi connectivity index (χ2v) is 7.84. The molecule has 7 nitrogen and oxygen atoms in total. The molecule has 0 unspecified atom stereocenters. The Morgan fingerprint density at radius 3 is 2.59 bits per heavy atom. The van der Waals surface area contributed by atoms with Crippen LogP contribution in [0.3, 0.4) is 0 Å². The average molecular weight is 417 g/mol. The third-order valence-electron chi connectivity index (χ3n) is 4.72. The van der Waals surface area contributed by atoms with Gasteiger partial charge in [-0.25, -0.2) is 9.59 Å². The van der Waals surface area contributed by atoms with Crippen LogP contribution in [0.4, 0.5) is 5.00 Å². The lowest BCUT2D eigenvalue weighted by molar-refractivity contribution is -0.119. The van der Waals surface area contributed by atoms with Gasteiger partial charge < -0.3 is 19.5 Å². The Morgan fingerprint density at radius 1 is 1.10 bits per heavy atom. The van der Waals surface area contributed by atoms with E-state index in [1.807, 2.05) is 13.0 Å². The number of thiophene rings is 1. The van der Waals surface area contributed by atoms with Gasteiger partial charge in [0.2, 0.25) is 0 Å². The molecular weight excluding hydrogens is 394 g/mol. The fourth-order valence-electron chi connectivity index (χ4n) is 3.32. The number of carbonyl (C=O) groups is 3. The topological polar surface area (TPSA) is 90.9 Å². The Balaban J connectivity index is 1.70. The number of benzene rings is 1. The predicted octanol–water partition coefficient (Wildman–Crippen LogP) is 3.53. The van der Waals surface area contributed by atoms with Gasteiger partial charge in [-0.05, 0) is 50.3 Å². The summed E-state index contributed by atoms with van der Waals surface area (Å²) in [6, 6.07) is 5.13. The van der Waals surface area contributed by atoms with Crippen molar-refractivity contribution in [2.45, 2.75) is 32.6 Å². The highest BCUT2D eigenvalue weighted by Crippen LogP contribution is 2.38. The second kappa shape index (κ2) is 9.09. The van der Waals surface area contributed by atoms with Gasteiger partial charge in [0.1, 0.15) is 16.3 Å². The van der Waals surface area contributed by atoms with Gasteiger partial charge in [0.05, 0.1) is 19.8 Å². The van der Waals surface area contributed by atoms with Crippen molar-refractivity contribution in [1.29, 1.82) is 0 Å². The average Bonchev–Trinajstić information content (AvgIpc) is 3.09. The fourth-order valence-corrected chi connectivity index (χ4v) is 4.62. The van der Waals surface area contributed by atoms with Crippen LogP contribution in [0.2, 0.25) is 0 Å². The summed E-state index contributed by atoms with van der Waals surface area (Å²) in [6.07, 6.45) is 3.71. The van der Waals surface area contributed by atoms with Crippen molar-refractivity contribution < 1.29 is 28.6 Å². The third kappa shape index (κ3) is 4.59. The number of hydrogen-bond donors (Lipinski definition) is 1. The molecule has 1 aromatic heterocycles. The molecule has 1 aromatic carbocycles. The van der Waals surface area contributed by atoms with E-state index in [9.17, 15) is 14.4 Å². The van der Waals surface area contributed by atoms with Gasteiger partial charge >= 0.3 is 11.9 Å². The first kappa shape index (κ1) is 20.9. The minimum Gasteiger partial charge on any atom is -0.496 e. The highest BCUT2D eigenvalue weighted by Gasteiger charge is 2.27. The Hall–Kier alpha value is -2.87. The first-order valence-electron chi connectivity index (χ1n) is 9.29. The molecule has 1 amide bonds. The number of fused-ring (bicyclic) bond motifs is 1. The van der Waals surface area contributed by atoms with Crippen LogP contribution in [-0.4, -0.2) is 38.7 Å². The largest absolute Gasteiger partial charge is 0.496 e. The summed E-state index contributed by atoms with van der Waals surface area (Å²) < 4.78 is 15.2. The van der Waals surface area contributed by atoms with E-state index in [0.29, 0.717) is 16.3 Å². The Kier molecular flexibility index (Phi) is 6.53. The number of ether oxygens (including phenoxy) is 3. The summed E-state index contributed by atoms with van der Waals surface area (Å²) in [4.78, 5) is 38.1. The van der Waals surface area contributed by atoms with Gasteiger partial charge in [0.15, 0.2) is 6.61 Å². The van der Waals surface area contributed by atoms with Crippen molar-refractivity contribution in [3.8, 4) is 5.75 Å². The number of methoxy groups -OCH3 is 2. The molecule has 3 rings (SSSR count). The van der Waals surface area contributed by atoms with Gasteiger partial charge in [-0.2, -0.15) is 0 Å². The van der Waals surface area contributed by atoms with Crippen LogP contribution in [0.1, 0.15) is 49.6 Å². The maximum absolute atomic E-state index is 12.4. The molecule has 0 saturated carbocycles. The molecule has 0 aliphatic heterocycles. The van der Waals surface area contributed by atoms with E-state index >= 15 is 0 Å². The van der Waals surface area contributed by atoms with Crippen LogP contribution >= 0.6 is 11.3 Å². The standard InChI is InChI=1S/C21H23NO6S/c1-12-8-9-15(26-2)14(10-12)20(24)28-11-17(23)22-19-18(21(25)27-3)13-6-4-5-7-16(13)29-19/h8-10H,4-7,11H2,1-3H3,(H,22,23). The molecular formula is C21H23NO6S. The first-order valence-corrected chi connectivity index (χ1v) is 10.1. The number of rotatable bonds is 6. The van der Waals surface area contributed by atoms with Crippen molar-refractivity contribution in [3.63, 3.8) is 0 Å². The Morgan fingerprint density at radius 2 is 1.86 bits per heavy atom. The van der Waals surface area contributed by atoms with Crippen LogP contribution in [-0.2, 0) is 27.1 Å². The van der Waals surface area contributed by atoms with Gasteiger partial charge in [-0.3, -0.25) is 4.79 Å². The minimum atomic E-state index is -0.653. The number of carbonyl (C=O) groups excluding carboxylic acids is 3. The van der Waals surface area contributed by atoms with Crippen molar-refractivity contribution in [2.75, 3.05) is 26.1 Å². The maximum Gasteiger partial charge on any atom is 0.342 e. The van der Waals surface area contributed by atoms with Crippen molar-refractivity contribution in [3.05, 3.63) is 45.3 Å². The molecule has 0 spiro atoms. The van der Waals surface area contributed by atoms with E-state index in [0.717, 1.165) is 41.7 Å². The molecule has 0 radical (unpaired) electrons. The highest BCUT2D eigenvalue weighted by molar-refractivity contribution is 7.17. The lowest BCUT2D eigenvalue weighted by Crippen LogP contribution is -2.22. The van der Waals surface area contributed by atoms with E-state index in [-0.39, 0.29) is 5.56 Å². The van der Waals surface area contributed by atoms with Crippen LogP contribution in [0, 0.1) is 6.92 Å². The zero-order valence-corrected chi connectivity index (χ0v) is 17.4. The highest BCUT2D eigenvalue weighted by atomic mass is 32.1. The lowest BCUT2D eigenvalue weighted by Gasteiger charge is -2.12. The van der Waals surface area contributed by atoms with Crippen molar-refractivity contribution in [2.24, 2.45) is 0 Å². The molecule has 29 heavy (non-hydrogen) atoms. The lowest BCUT2D eigenvalue weighted by atomic mass is 9.95. The Bertz CT molecular complexity index is 949. The van der Waals surface area contributed by atoms with Crippen molar-refractivity contribution in [1.82, 2.24) is 0 Å². The summed E-state index contributed by atoms with van der Waals surface area (Å²) in [5.74, 6) is -1.27. The maximum atomic E-state index is 12.4. The van der Waals surface area contributed by atoms with E-state index in [1.165, 1.54) is 25.6 Å². The zero-order valence-electron chi connectivity index (χ0n) is 16.6. The van der Waals surface area contributed by atoms with E-state index in [4.69, 9.17) is 14.2 Å². The molecule has 1 heterocycles. The zero-order chi connectivity index (χ0) is 21.0. The summed E-state index contributed by atoms with van der Waals surface area (Å²) in [5.41, 5.74) is 2.48. The molecule has 0 bridgehead atoms. The summed E-state index contributed by atoms with van der Waals surface area (Å²) in [5, 5.41) is 3.14. The molecule has 8 heteroatoms. The molecule has 1 aliphatic carbocycles. The summed E-state index contributed by atoms with van der Waals surface area (Å²) in [6.45, 7) is 1.37. The quantitative estimate of drug-likeness (QED) is 0.723. The third-order valence-corrected chi connectivity index (χ3v) is 5.93. The molecule has 1 aliphatic rings. The molecule has 0 fully saturated rings. The van der Waals surface area contributed by atoms with Crippen LogP contribution in [0.5, 0.6) is 5.75 Å². The predicted molar refractivity (Wildman–Crippen MR) is 109 cm³/mol. The van der Waals surface area contributed by atoms with E-state index in [2.05, 4.69) is 5.32 Å². The summed E-state index contributed by atoms with van der Waals surface area (Å²) >= 11 is 1.38. The summed E-state index contributed by atoms with van der Waals surface area (Å²) in [7, 11) is 2.78. The van der Waals surface area contributed by atoms with E-state index < -0.39 is 24.5 Å². The minimum absolute atomic E-state index is 0.252. The van der Waals surface area contributed by atoms with Gasteiger partial charge in [-0.15, -0.1) is 11.3 Å². The Labute approximate surface area is 173 Å². The second-order valence-electron chi connectivity index (χ2n) is 6.73. The van der Waals surface area contributed by atoms with Gasteiger partial charge in [0.25, 0.3) is 5.91 Å².